The summed E-state index contributed by atoms with van der Waals surface area (Å²) in [4.78, 5) is 11.5. The molecule has 0 saturated carbocycles. The van der Waals surface area contributed by atoms with Crippen LogP contribution >= 0.6 is 23.2 Å². The molecule has 0 unspecified atom stereocenters. The molecule has 2 aromatic rings. The number of halogens is 2. The van der Waals surface area contributed by atoms with Gasteiger partial charge < -0.3 is 5.73 Å². The fourth-order valence-corrected chi connectivity index (χ4v) is 1.84. The summed E-state index contributed by atoms with van der Waals surface area (Å²) in [7, 11) is 0. The average Bonchev–Trinajstić information content (AvgIpc) is 2.36. The molecule has 1 aromatic carbocycles. The first-order valence-corrected chi connectivity index (χ1v) is 6.11. The molecule has 0 amide bonds. The highest BCUT2D eigenvalue weighted by molar-refractivity contribution is 6.42. The number of benzene rings is 1. The van der Waals surface area contributed by atoms with E-state index in [1.165, 1.54) is 10.7 Å². The Labute approximate surface area is 114 Å². The largest absolute Gasteiger partial charge is 0.329 e. The summed E-state index contributed by atoms with van der Waals surface area (Å²) in [5.41, 5.74) is 6.70. The van der Waals surface area contributed by atoms with Gasteiger partial charge in [0.2, 0.25) is 0 Å². The van der Waals surface area contributed by atoms with Crippen LogP contribution in [0.3, 0.4) is 0 Å². The fraction of sp³-hybridized carbons (Fsp3) is 0.167. The molecular formula is C12H11Cl2N3O. The summed E-state index contributed by atoms with van der Waals surface area (Å²) in [5, 5.41) is 5.16. The Kier molecular flexibility index (Phi) is 4.01. The van der Waals surface area contributed by atoms with Crippen LogP contribution in [0.5, 0.6) is 0 Å². The van der Waals surface area contributed by atoms with Crippen LogP contribution in [0.1, 0.15) is 0 Å². The van der Waals surface area contributed by atoms with Crippen LogP contribution in [0, 0.1) is 0 Å². The summed E-state index contributed by atoms with van der Waals surface area (Å²) in [5.74, 6) is 0. The summed E-state index contributed by atoms with van der Waals surface area (Å²) in [6.45, 7) is 0.742. The van der Waals surface area contributed by atoms with Gasteiger partial charge in [0.15, 0.2) is 0 Å². The number of hydrogen-bond donors (Lipinski definition) is 1. The van der Waals surface area contributed by atoms with Gasteiger partial charge in [-0.3, -0.25) is 4.79 Å². The molecule has 0 aliphatic carbocycles. The number of nitrogens with two attached hydrogens (primary N) is 1. The van der Waals surface area contributed by atoms with Crippen LogP contribution < -0.4 is 11.3 Å². The summed E-state index contributed by atoms with van der Waals surface area (Å²) in [6.07, 6.45) is 0. The van der Waals surface area contributed by atoms with Gasteiger partial charge in [-0.15, -0.1) is 0 Å². The minimum absolute atomic E-state index is 0.177. The number of nitrogens with zero attached hydrogens (tertiary/aromatic N) is 2. The van der Waals surface area contributed by atoms with Gasteiger partial charge in [-0.05, 0) is 18.2 Å². The molecule has 1 aromatic heterocycles. The number of hydrogen-bond acceptors (Lipinski definition) is 3. The molecule has 0 saturated heterocycles. The first-order chi connectivity index (χ1) is 8.61. The second kappa shape index (κ2) is 5.52. The molecular weight excluding hydrogens is 273 g/mol. The zero-order valence-electron chi connectivity index (χ0n) is 9.44. The molecule has 2 rings (SSSR count). The van der Waals surface area contributed by atoms with Gasteiger partial charge >= 0.3 is 0 Å². The van der Waals surface area contributed by atoms with E-state index in [2.05, 4.69) is 5.10 Å². The monoisotopic (exact) mass is 283 g/mol. The maximum Gasteiger partial charge on any atom is 0.266 e. The standard InChI is InChI=1S/C12H11Cl2N3O/c13-9-2-1-8(7-10(9)14)11-3-4-12(18)17(16-11)6-5-15/h1-4,7H,5-6,15H2. The van der Waals surface area contributed by atoms with Crippen LogP contribution in [0.25, 0.3) is 11.3 Å². The summed E-state index contributed by atoms with van der Waals surface area (Å²) < 4.78 is 1.33. The zero-order chi connectivity index (χ0) is 13.1. The third-order valence-corrected chi connectivity index (χ3v) is 3.16. The van der Waals surface area contributed by atoms with Crippen molar-refractivity contribution in [3.05, 3.63) is 50.7 Å². The lowest BCUT2D eigenvalue weighted by atomic mass is 10.1. The van der Waals surface area contributed by atoms with Crippen LogP contribution in [0.15, 0.2) is 35.1 Å². The van der Waals surface area contributed by atoms with Gasteiger partial charge in [0.1, 0.15) is 0 Å². The molecule has 0 fully saturated rings. The summed E-state index contributed by atoms with van der Waals surface area (Å²) >= 11 is 11.8. The van der Waals surface area contributed by atoms with Gasteiger partial charge in [-0.25, -0.2) is 4.68 Å². The van der Waals surface area contributed by atoms with E-state index in [0.29, 0.717) is 28.8 Å². The van der Waals surface area contributed by atoms with Crippen LogP contribution in [-0.4, -0.2) is 16.3 Å². The number of rotatable bonds is 3. The van der Waals surface area contributed by atoms with Gasteiger partial charge in [0, 0.05) is 18.2 Å². The predicted molar refractivity (Wildman–Crippen MR) is 73.0 cm³/mol. The molecule has 1 heterocycles. The van der Waals surface area contributed by atoms with E-state index in [4.69, 9.17) is 28.9 Å². The van der Waals surface area contributed by atoms with Gasteiger partial charge in [0.25, 0.3) is 5.56 Å². The maximum atomic E-state index is 11.5. The first-order valence-electron chi connectivity index (χ1n) is 5.35. The van der Waals surface area contributed by atoms with Crippen molar-refractivity contribution in [3.63, 3.8) is 0 Å². The highest BCUT2D eigenvalue weighted by Crippen LogP contribution is 2.26. The average molecular weight is 284 g/mol. The van der Waals surface area contributed by atoms with Gasteiger partial charge in [-0.1, -0.05) is 29.3 Å². The first kappa shape index (κ1) is 13.1. The third kappa shape index (κ3) is 2.72. The molecule has 0 aliphatic heterocycles. The van der Waals surface area contributed by atoms with Crippen molar-refractivity contribution in [2.24, 2.45) is 5.73 Å². The van der Waals surface area contributed by atoms with Crippen LogP contribution in [0.2, 0.25) is 10.0 Å². The van der Waals surface area contributed by atoms with Crippen molar-refractivity contribution in [3.8, 4) is 11.3 Å². The SMILES string of the molecule is NCCn1nc(-c2ccc(Cl)c(Cl)c2)ccc1=O. The smallest absolute Gasteiger partial charge is 0.266 e. The molecule has 0 bridgehead atoms. The van der Waals surface area contributed by atoms with Crippen molar-refractivity contribution in [1.82, 2.24) is 9.78 Å². The van der Waals surface area contributed by atoms with E-state index in [1.807, 2.05) is 0 Å². The molecule has 0 atom stereocenters. The summed E-state index contributed by atoms with van der Waals surface area (Å²) in [6, 6.07) is 8.31. The molecule has 0 aliphatic rings. The van der Waals surface area contributed by atoms with E-state index in [9.17, 15) is 4.79 Å². The Morgan fingerprint density at radius 2 is 1.94 bits per heavy atom. The molecule has 0 radical (unpaired) electrons. The highest BCUT2D eigenvalue weighted by atomic mass is 35.5. The van der Waals surface area contributed by atoms with Crippen molar-refractivity contribution >= 4 is 23.2 Å². The Hall–Kier alpha value is -1.36. The van der Waals surface area contributed by atoms with Crippen molar-refractivity contribution in [1.29, 1.82) is 0 Å². The molecule has 6 heteroatoms. The van der Waals surface area contributed by atoms with Gasteiger partial charge in [0.05, 0.1) is 22.3 Å². The maximum absolute atomic E-state index is 11.5. The molecule has 2 N–H and O–H groups in total. The predicted octanol–water partition coefficient (Wildman–Crippen LogP) is 2.18. The fourth-order valence-electron chi connectivity index (χ4n) is 1.54. The molecule has 4 nitrogen and oxygen atoms in total. The Balaban J connectivity index is 2.47. The second-order valence-electron chi connectivity index (χ2n) is 3.70. The van der Waals surface area contributed by atoms with Crippen molar-refractivity contribution in [2.45, 2.75) is 6.54 Å². The van der Waals surface area contributed by atoms with E-state index >= 15 is 0 Å². The third-order valence-electron chi connectivity index (χ3n) is 2.42. The highest BCUT2D eigenvalue weighted by Gasteiger charge is 2.05. The molecule has 94 valence electrons. The number of aromatic nitrogens is 2. The Morgan fingerprint density at radius 3 is 2.61 bits per heavy atom. The van der Waals surface area contributed by atoms with Gasteiger partial charge in [-0.2, -0.15) is 5.10 Å². The minimum Gasteiger partial charge on any atom is -0.329 e. The topological polar surface area (TPSA) is 60.9 Å². The van der Waals surface area contributed by atoms with Crippen LogP contribution in [0.4, 0.5) is 0 Å². The van der Waals surface area contributed by atoms with E-state index < -0.39 is 0 Å². The Bertz CT molecular complexity index is 625. The molecule has 0 spiro atoms. The van der Waals surface area contributed by atoms with Crippen LogP contribution in [-0.2, 0) is 6.54 Å². The van der Waals surface area contributed by atoms with E-state index in [0.717, 1.165) is 5.56 Å². The normalized spacial score (nSPS) is 10.6. The lowest BCUT2D eigenvalue weighted by Gasteiger charge is -2.06. The lowest BCUT2D eigenvalue weighted by Crippen LogP contribution is -2.25. The van der Waals surface area contributed by atoms with Crippen molar-refractivity contribution < 1.29 is 0 Å². The quantitative estimate of drug-likeness (QED) is 0.939. The van der Waals surface area contributed by atoms with Crippen molar-refractivity contribution in [2.75, 3.05) is 6.54 Å². The Morgan fingerprint density at radius 1 is 1.17 bits per heavy atom. The van der Waals surface area contributed by atoms with E-state index in [1.54, 1.807) is 24.3 Å². The van der Waals surface area contributed by atoms with E-state index in [-0.39, 0.29) is 5.56 Å². The molecule has 18 heavy (non-hydrogen) atoms. The lowest BCUT2D eigenvalue weighted by molar-refractivity contribution is 0.590. The zero-order valence-corrected chi connectivity index (χ0v) is 10.9. The second-order valence-corrected chi connectivity index (χ2v) is 4.51. The minimum atomic E-state index is -0.177.